The van der Waals surface area contributed by atoms with Crippen LogP contribution in [0.4, 0.5) is 4.39 Å². The van der Waals surface area contributed by atoms with E-state index in [4.69, 9.17) is 4.42 Å². The van der Waals surface area contributed by atoms with Crippen LogP contribution in [0.5, 0.6) is 0 Å². The van der Waals surface area contributed by atoms with Crippen LogP contribution in [0.15, 0.2) is 28.7 Å². The minimum Gasteiger partial charge on any atom is -0.481 e. The topological polar surface area (TPSA) is 50.4 Å². The smallest absolute Gasteiger partial charge is 0.314 e. The summed E-state index contributed by atoms with van der Waals surface area (Å²) in [6.45, 7) is 2.01. The Morgan fingerprint density at radius 2 is 2.22 bits per heavy atom. The second-order valence-electron chi connectivity index (χ2n) is 4.36. The molecule has 0 aliphatic heterocycles. The molecule has 0 saturated carbocycles. The normalized spacial score (nSPS) is 12.8. The van der Waals surface area contributed by atoms with Crippen molar-refractivity contribution in [3.05, 3.63) is 35.8 Å². The van der Waals surface area contributed by atoms with Crippen molar-refractivity contribution in [3.8, 4) is 0 Å². The molecule has 96 valence electrons. The minimum atomic E-state index is -0.900. The molecule has 1 aromatic carbocycles. The van der Waals surface area contributed by atoms with Crippen LogP contribution >= 0.6 is 0 Å². The summed E-state index contributed by atoms with van der Waals surface area (Å²) in [7, 11) is 0. The molecule has 0 spiro atoms. The molecule has 2 aromatic rings. The van der Waals surface area contributed by atoms with Crippen molar-refractivity contribution in [3.63, 3.8) is 0 Å². The van der Waals surface area contributed by atoms with Gasteiger partial charge in [0.05, 0.1) is 0 Å². The first-order valence-electron chi connectivity index (χ1n) is 6.03. The predicted octanol–water partition coefficient (Wildman–Crippen LogP) is 3.93. The quantitative estimate of drug-likeness (QED) is 0.874. The van der Waals surface area contributed by atoms with Crippen molar-refractivity contribution in [1.82, 2.24) is 0 Å². The van der Waals surface area contributed by atoms with E-state index in [-0.39, 0.29) is 5.82 Å². The fourth-order valence-corrected chi connectivity index (χ4v) is 2.00. The number of carboxylic acids is 1. The molecule has 1 N–H and O–H groups in total. The van der Waals surface area contributed by atoms with Crippen molar-refractivity contribution in [2.45, 2.75) is 32.1 Å². The molecule has 1 atom stereocenters. The summed E-state index contributed by atoms with van der Waals surface area (Å²) in [6.07, 6.45) is 2.29. The largest absolute Gasteiger partial charge is 0.481 e. The van der Waals surface area contributed by atoms with E-state index in [1.54, 1.807) is 6.07 Å². The fraction of sp³-hybridized carbons (Fsp3) is 0.357. The number of carbonyl (C=O) groups is 1. The van der Waals surface area contributed by atoms with Crippen LogP contribution in [0.25, 0.3) is 11.0 Å². The first-order valence-corrected chi connectivity index (χ1v) is 6.03. The standard InChI is InChI=1S/C14H15FO3/c1-2-3-4-11(14(16)17)13-8-9-7-10(15)5-6-12(9)18-13/h5-8,11H,2-4H2,1H3,(H,16,17). The number of furan rings is 1. The molecular weight excluding hydrogens is 235 g/mol. The molecule has 0 aliphatic carbocycles. The van der Waals surface area contributed by atoms with E-state index in [0.717, 1.165) is 12.8 Å². The molecular formula is C14H15FO3. The number of aliphatic carboxylic acids is 1. The molecule has 0 bridgehead atoms. The highest BCUT2D eigenvalue weighted by Crippen LogP contribution is 2.29. The average molecular weight is 250 g/mol. The number of rotatable bonds is 5. The number of hydrogen-bond acceptors (Lipinski definition) is 2. The number of hydrogen-bond donors (Lipinski definition) is 1. The molecule has 0 aliphatic rings. The number of carboxylic acid groups (broad SMARTS) is 1. The third-order valence-electron chi connectivity index (χ3n) is 2.99. The highest BCUT2D eigenvalue weighted by molar-refractivity contribution is 5.81. The van der Waals surface area contributed by atoms with Gasteiger partial charge in [-0.3, -0.25) is 4.79 Å². The Labute approximate surface area is 104 Å². The summed E-state index contributed by atoms with van der Waals surface area (Å²) in [5.74, 6) is -1.50. The van der Waals surface area contributed by atoms with Gasteiger partial charge in [-0.05, 0) is 30.7 Å². The van der Waals surface area contributed by atoms with Crippen LogP contribution in [-0.2, 0) is 4.79 Å². The van der Waals surface area contributed by atoms with E-state index < -0.39 is 11.9 Å². The van der Waals surface area contributed by atoms with E-state index in [1.807, 2.05) is 6.92 Å². The maximum Gasteiger partial charge on any atom is 0.314 e. The Morgan fingerprint density at radius 3 is 2.89 bits per heavy atom. The van der Waals surface area contributed by atoms with Gasteiger partial charge in [-0.2, -0.15) is 0 Å². The summed E-state index contributed by atoms with van der Waals surface area (Å²) in [6, 6.07) is 5.79. The first-order chi connectivity index (χ1) is 8.61. The van der Waals surface area contributed by atoms with Gasteiger partial charge < -0.3 is 9.52 Å². The van der Waals surface area contributed by atoms with Crippen molar-refractivity contribution < 1.29 is 18.7 Å². The SMILES string of the molecule is CCCCC(C(=O)O)c1cc2cc(F)ccc2o1. The second-order valence-corrected chi connectivity index (χ2v) is 4.36. The molecule has 0 amide bonds. The Bertz CT molecular complexity index is 559. The van der Waals surface area contributed by atoms with Gasteiger partial charge in [0.25, 0.3) is 0 Å². The van der Waals surface area contributed by atoms with Crippen molar-refractivity contribution in [2.24, 2.45) is 0 Å². The predicted molar refractivity (Wildman–Crippen MR) is 66.1 cm³/mol. The van der Waals surface area contributed by atoms with E-state index in [2.05, 4.69) is 0 Å². The average Bonchev–Trinajstić information content (AvgIpc) is 2.71. The lowest BCUT2D eigenvalue weighted by molar-refractivity contribution is -0.139. The van der Waals surface area contributed by atoms with E-state index in [9.17, 15) is 14.3 Å². The van der Waals surface area contributed by atoms with Crippen LogP contribution in [0.3, 0.4) is 0 Å². The van der Waals surface area contributed by atoms with E-state index in [1.165, 1.54) is 18.2 Å². The molecule has 18 heavy (non-hydrogen) atoms. The summed E-state index contributed by atoms with van der Waals surface area (Å²) in [5.41, 5.74) is 0.522. The Kier molecular flexibility index (Phi) is 3.65. The van der Waals surface area contributed by atoms with Gasteiger partial charge in [0, 0.05) is 5.39 Å². The monoisotopic (exact) mass is 250 g/mol. The first kappa shape index (κ1) is 12.6. The van der Waals surface area contributed by atoms with E-state index >= 15 is 0 Å². The molecule has 0 fully saturated rings. The zero-order chi connectivity index (χ0) is 13.1. The summed E-state index contributed by atoms with van der Waals surface area (Å²) >= 11 is 0. The molecule has 0 radical (unpaired) electrons. The summed E-state index contributed by atoms with van der Waals surface area (Å²) < 4.78 is 18.5. The van der Waals surface area contributed by atoms with Crippen molar-refractivity contribution >= 4 is 16.9 Å². The molecule has 1 heterocycles. The lowest BCUT2D eigenvalue weighted by Gasteiger charge is -2.07. The maximum absolute atomic E-state index is 13.1. The van der Waals surface area contributed by atoms with Crippen LogP contribution < -0.4 is 0 Å². The number of fused-ring (bicyclic) bond motifs is 1. The molecule has 1 unspecified atom stereocenters. The van der Waals surface area contributed by atoms with Crippen molar-refractivity contribution in [1.29, 1.82) is 0 Å². The number of halogens is 1. The van der Waals surface area contributed by atoms with Gasteiger partial charge in [-0.15, -0.1) is 0 Å². The Hall–Kier alpha value is -1.84. The highest BCUT2D eigenvalue weighted by atomic mass is 19.1. The summed E-state index contributed by atoms with van der Waals surface area (Å²) in [5, 5.41) is 9.80. The third-order valence-corrected chi connectivity index (χ3v) is 2.99. The fourth-order valence-electron chi connectivity index (χ4n) is 2.00. The summed E-state index contributed by atoms with van der Waals surface area (Å²) in [4.78, 5) is 11.2. The van der Waals surface area contributed by atoms with E-state index in [0.29, 0.717) is 23.2 Å². The Morgan fingerprint density at radius 1 is 1.44 bits per heavy atom. The minimum absolute atomic E-state index is 0.352. The Balaban J connectivity index is 2.35. The number of benzene rings is 1. The molecule has 3 nitrogen and oxygen atoms in total. The van der Waals surface area contributed by atoms with Crippen LogP contribution in [-0.4, -0.2) is 11.1 Å². The lowest BCUT2D eigenvalue weighted by atomic mass is 9.99. The van der Waals surface area contributed by atoms with Crippen LogP contribution in [0.2, 0.25) is 0 Å². The zero-order valence-corrected chi connectivity index (χ0v) is 10.1. The van der Waals surface area contributed by atoms with Gasteiger partial charge in [0.1, 0.15) is 23.1 Å². The van der Waals surface area contributed by atoms with Gasteiger partial charge in [0.15, 0.2) is 0 Å². The van der Waals surface area contributed by atoms with Gasteiger partial charge in [-0.1, -0.05) is 19.8 Å². The third kappa shape index (κ3) is 2.53. The van der Waals surface area contributed by atoms with Gasteiger partial charge in [0.2, 0.25) is 0 Å². The van der Waals surface area contributed by atoms with Crippen molar-refractivity contribution in [2.75, 3.05) is 0 Å². The van der Waals surface area contributed by atoms with Crippen LogP contribution in [0, 0.1) is 5.82 Å². The zero-order valence-electron chi connectivity index (χ0n) is 10.1. The molecule has 0 saturated heterocycles. The lowest BCUT2D eigenvalue weighted by Crippen LogP contribution is -2.10. The molecule has 4 heteroatoms. The molecule has 1 aromatic heterocycles. The maximum atomic E-state index is 13.1. The van der Waals surface area contributed by atoms with Gasteiger partial charge >= 0.3 is 5.97 Å². The highest BCUT2D eigenvalue weighted by Gasteiger charge is 2.23. The molecule has 2 rings (SSSR count). The second kappa shape index (κ2) is 5.21. The number of unbranched alkanes of at least 4 members (excludes halogenated alkanes) is 1. The van der Waals surface area contributed by atoms with Gasteiger partial charge in [-0.25, -0.2) is 4.39 Å². The van der Waals surface area contributed by atoms with Crippen LogP contribution in [0.1, 0.15) is 37.9 Å².